The highest BCUT2D eigenvalue weighted by molar-refractivity contribution is 5.89. The van der Waals surface area contributed by atoms with Gasteiger partial charge in [-0.3, -0.25) is 4.79 Å². The second kappa shape index (κ2) is 10.00. The number of hydrogen-bond acceptors (Lipinski definition) is 5. The van der Waals surface area contributed by atoms with E-state index in [1.54, 1.807) is 38.5 Å². The predicted molar refractivity (Wildman–Crippen MR) is 104 cm³/mol. The quantitative estimate of drug-likeness (QED) is 0.585. The minimum absolute atomic E-state index is 0.153. The lowest BCUT2D eigenvalue weighted by molar-refractivity contribution is -0.144. The van der Waals surface area contributed by atoms with E-state index in [0.29, 0.717) is 23.3 Å². The maximum Gasteiger partial charge on any atom is 0.331 e. The van der Waals surface area contributed by atoms with Gasteiger partial charge in [-0.25, -0.2) is 4.79 Å². The number of ether oxygens (including phenoxy) is 3. The second-order valence-electron chi connectivity index (χ2n) is 7.03. The Bertz CT molecular complexity index is 663. The van der Waals surface area contributed by atoms with E-state index in [2.05, 4.69) is 19.2 Å². The van der Waals surface area contributed by atoms with Crippen molar-refractivity contribution in [2.24, 2.45) is 11.8 Å². The van der Waals surface area contributed by atoms with E-state index in [4.69, 9.17) is 14.2 Å². The highest BCUT2D eigenvalue weighted by Gasteiger charge is 2.28. The lowest BCUT2D eigenvalue weighted by Gasteiger charge is -2.34. The van der Waals surface area contributed by atoms with Crippen molar-refractivity contribution in [2.45, 2.75) is 39.2 Å². The maximum absolute atomic E-state index is 12.1. The molecule has 1 amide bonds. The third-order valence-corrected chi connectivity index (χ3v) is 5.18. The summed E-state index contributed by atoms with van der Waals surface area (Å²) in [5.41, 5.74) is 0.734. The number of esters is 1. The normalized spacial score (nSPS) is 22.3. The SMILES string of the molecule is COc1cc(/C=C/C(=O)OCC(=O)N[C@H]2CCC[C@@H](C)[C@@H]2C)cc(OC)c1. The first-order chi connectivity index (χ1) is 12.9. The van der Waals surface area contributed by atoms with E-state index in [0.717, 1.165) is 18.4 Å². The highest BCUT2D eigenvalue weighted by atomic mass is 16.5. The van der Waals surface area contributed by atoms with Gasteiger partial charge < -0.3 is 19.5 Å². The summed E-state index contributed by atoms with van der Waals surface area (Å²) in [6, 6.07) is 5.43. The van der Waals surface area contributed by atoms with E-state index in [9.17, 15) is 9.59 Å². The van der Waals surface area contributed by atoms with Crippen molar-refractivity contribution < 1.29 is 23.8 Å². The molecule has 6 nitrogen and oxygen atoms in total. The number of methoxy groups -OCH3 is 2. The van der Waals surface area contributed by atoms with Crippen LogP contribution in [0.5, 0.6) is 11.5 Å². The molecule has 1 fully saturated rings. The van der Waals surface area contributed by atoms with Crippen LogP contribution in [0.1, 0.15) is 38.7 Å². The van der Waals surface area contributed by atoms with Crippen LogP contribution in [0.25, 0.3) is 6.08 Å². The van der Waals surface area contributed by atoms with Gasteiger partial charge in [-0.05, 0) is 42.0 Å². The summed E-state index contributed by atoms with van der Waals surface area (Å²) in [5.74, 6) is 1.44. The summed E-state index contributed by atoms with van der Waals surface area (Å²) < 4.78 is 15.4. The first-order valence-electron chi connectivity index (χ1n) is 9.30. The molecule has 1 aliphatic rings. The van der Waals surface area contributed by atoms with Crippen molar-refractivity contribution >= 4 is 18.0 Å². The largest absolute Gasteiger partial charge is 0.497 e. The molecule has 0 aromatic heterocycles. The molecule has 148 valence electrons. The van der Waals surface area contributed by atoms with Crippen LogP contribution in [-0.2, 0) is 14.3 Å². The third kappa shape index (κ3) is 6.31. The molecule has 1 saturated carbocycles. The Morgan fingerprint density at radius 3 is 2.41 bits per heavy atom. The van der Waals surface area contributed by atoms with E-state index in [1.807, 2.05) is 0 Å². The minimum Gasteiger partial charge on any atom is -0.497 e. The Morgan fingerprint density at radius 2 is 1.78 bits per heavy atom. The van der Waals surface area contributed by atoms with Gasteiger partial charge in [0, 0.05) is 18.2 Å². The molecule has 1 aromatic rings. The van der Waals surface area contributed by atoms with Crippen LogP contribution in [-0.4, -0.2) is 38.7 Å². The molecule has 0 aliphatic heterocycles. The van der Waals surface area contributed by atoms with Gasteiger partial charge in [0.25, 0.3) is 5.91 Å². The number of nitrogens with one attached hydrogen (secondary N) is 1. The molecule has 0 bridgehead atoms. The lowest BCUT2D eigenvalue weighted by atomic mass is 9.78. The van der Waals surface area contributed by atoms with E-state index >= 15 is 0 Å². The van der Waals surface area contributed by atoms with E-state index in [-0.39, 0.29) is 18.6 Å². The molecule has 0 saturated heterocycles. The van der Waals surface area contributed by atoms with Gasteiger partial charge in [0.1, 0.15) is 11.5 Å². The molecule has 3 atom stereocenters. The molecule has 1 aromatic carbocycles. The Balaban J connectivity index is 1.83. The number of rotatable bonds is 7. The van der Waals surface area contributed by atoms with Crippen molar-refractivity contribution in [2.75, 3.05) is 20.8 Å². The number of benzene rings is 1. The zero-order valence-corrected chi connectivity index (χ0v) is 16.5. The second-order valence-corrected chi connectivity index (χ2v) is 7.03. The summed E-state index contributed by atoms with van der Waals surface area (Å²) in [6.45, 7) is 4.09. The predicted octanol–water partition coefficient (Wildman–Crippen LogP) is 3.20. The van der Waals surface area contributed by atoms with Crippen molar-refractivity contribution in [3.63, 3.8) is 0 Å². The molecule has 2 rings (SSSR count). The zero-order valence-electron chi connectivity index (χ0n) is 16.5. The zero-order chi connectivity index (χ0) is 19.8. The Labute approximate surface area is 160 Å². The molecule has 27 heavy (non-hydrogen) atoms. The summed E-state index contributed by atoms with van der Waals surface area (Å²) >= 11 is 0. The van der Waals surface area contributed by atoms with Crippen LogP contribution >= 0.6 is 0 Å². The van der Waals surface area contributed by atoms with Crippen LogP contribution in [0.15, 0.2) is 24.3 Å². The molecular weight excluding hydrogens is 346 g/mol. The van der Waals surface area contributed by atoms with Crippen molar-refractivity contribution in [1.29, 1.82) is 0 Å². The average Bonchev–Trinajstić information content (AvgIpc) is 2.68. The number of amides is 1. The number of carbonyl (C=O) groups is 2. The van der Waals surface area contributed by atoms with Gasteiger partial charge in [-0.2, -0.15) is 0 Å². The van der Waals surface area contributed by atoms with Gasteiger partial charge in [-0.15, -0.1) is 0 Å². The Morgan fingerprint density at radius 1 is 1.11 bits per heavy atom. The Hall–Kier alpha value is -2.50. The first kappa shape index (κ1) is 20.8. The van der Waals surface area contributed by atoms with Crippen LogP contribution in [0.2, 0.25) is 0 Å². The molecule has 0 spiro atoms. The molecule has 0 radical (unpaired) electrons. The van der Waals surface area contributed by atoms with Crippen LogP contribution in [0, 0.1) is 11.8 Å². The molecule has 6 heteroatoms. The van der Waals surface area contributed by atoms with Crippen molar-refractivity contribution in [3.8, 4) is 11.5 Å². The van der Waals surface area contributed by atoms with Gasteiger partial charge in [-0.1, -0.05) is 26.7 Å². The topological polar surface area (TPSA) is 73.9 Å². The summed E-state index contributed by atoms with van der Waals surface area (Å²) in [5, 5.41) is 2.99. The minimum atomic E-state index is -0.572. The van der Waals surface area contributed by atoms with E-state index in [1.165, 1.54) is 12.5 Å². The average molecular weight is 375 g/mol. The standard InChI is InChI=1S/C21H29NO5/c1-14-6-5-7-19(15(14)2)22-20(23)13-27-21(24)9-8-16-10-17(25-3)12-18(11-16)26-4/h8-12,14-15,19H,5-7,13H2,1-4H3,(H,22,23)/b9-8+/t14-,15+,19+/m1/s1. The van der Waals surface area contributed by atoms with Crippen LogP contribution in [0.4, 0.5) is 0 Å². The molecule has 0 unspecified atom stereocenters. The molecular formula is C21H29NO5. The van der Waals surface area contributed by atoms with Crippen LogP contribution in [0.3, 0.4) is 0 Å². The molecule has 0 heterocycles. The summed E-state index contributed by atoms with van der Waals surface area (Å²) in [4.78, 5) is 24.0. The van der Waals surface area contributed by atoms with Crippen LogP contribution < -0.4 is 14.8 Å². The van der Waals surface area contributed by atoms with E-state index < -0.39 is 5.97 Å². The Kier molecular flexibility index (Phi) is 7.70. The summed E-state index contributed by atoms with van der Waals surface area (Å²) in [7, 11) is 3.12. The van der Waals surface area contributed by atoms with Gasteiger partial charge in [0.15, 0.2) is 6.61 Å². The first-order valence-corrected chi connectivity index (χ1v) is 9.30. The van der Waals surface area contributed by atoms with Gasteiger partial charge >= 0.3 is 5.97 Å². The van der Waals surface area contributed by atoms with Crippen molar-refractivity contribution in [3.05, 3.63) is 29.8 Å². The molecule has 1 N–H and O–H groups in total. The maximum atomic E-state index is 12.1. The fourth-order valence-corrected chi connectivity index (χ4v) is 3.31. The lowest BCUT2D eigenvalue weighted by Crippen LogP contribution is -2.45. The fraction of sp³-hybridized carbons (Fsp3) is 0.524. The third-order valence-electron chi connectivity index (χ3n) is 5.18. The summed E-state index contributed by atoms with van der Waals surface area (Å²) in [6.07, 6.45) is 6.16. The van der Waals surface area contributed by atoms with Gasteiger partial charge in [0.05, 0.1) is 14.2 Å². The van der Waals surface area contributed by atoms with Gasteiger partial charge in [0.2, 0.25) is 0 Å². The number of hydrogen-bond donors (Lipinski definition) is 1. The smallest absolute Gasteiger partial charge is 0.331 e. The fourth-order valence-electron chi connectivity index (χ4n) is 3.31. The van der Waals surface area contributed by atoms with Crippen molar-refractivity contribution in [1.82, 2.24) is 5.32 Å². The number of carbonyl (C=O) groups excluding carboxylic acids is 2. The monoisotopic (exact) mass is 375 g/mol. The highest BCUT2D eigenvalue weighted by Crippen LogP contribution is 2.29. The molecule has 1 aliphatic carbocycles.